The second-order valence-corrected chi connectivity index (χ2v) is 7.20. The molecule has 1 amide bonds. The summed E-state index contributed by atoms with van der Waals surface area (Å²) in [6.07, 6.45) is -0.215. The van der Waals surface area contributed by atoms with Crippen LogP contribution in [0.25, 0.3) is 0 Å². The Bertz CT molecular complexity index is 838. The van der Waals surface area contributed by atoms with E-state index in [4.69, 9.17) is 0 Å². The fourth-order valence-electron chi connectivity index (χ4n) is 2.92. The smallest absolute Gasteiger partial charge is 0.356 e. The van der Waals surface area contributed by atoms with Gasteiger partial charge in [0.25, 0.3) is 5.91 Å². The standard InChI is InChI=1S/C17H17BrF3N5O/c1-10-23-14(17(19,20)21)7-15(24-10)26-4-2-13(3-5-26)25-16(27)11-6-12(18)9-22-8-11/h6-9,13H,2-5H2,1H3,(H,25,27). The zero-order chi connectivity index (χ0) is 19.6. The average Bonchev–Trinajstić information content (AvgIpc) is 2.61. The molecule has 0 aliphatic carbocycles. The van der Waals surface area contributed by atoms with E-state index >= 15 is 0 Å². The highest BCUT2D eigenvalue weighted by Gasteiger charge is 2.34. The van der Waals surface area contributed by atoms with Crippen molar-refractivity contribution in [2.75, 3.05) is 18.0 Å². The van der Waals surface area contributed by atoms with Crippen LogP contribution >= 0.6 is 15.9 Å². The molecule has 144 valence electrons. The number of hydrogen-bond donors (Lipinski definition) is 1. The predicted octanol–water partition coefficient (Wildman–Crippen LogP) is 3.36. The van der Waals surface area contributed by atoms with E-state index in [-0.39, 0.29) is 23.6 Å². The van der Waals surface area contributed by atoms with Crippen LogP contribution in [-0.2, 0) is 6.18 Å². The minimum atomic E-state index is -4.51. The predicted molar refractivity (Wildman–Crippen MR) is 96.4 cm³/mol. The monoisotopic (exact) mass is 443 g/mol. The zero-order valence-corrected chi connectivity index (χ0v) is 16.0. The van der Waals surface area contributed by atoms with Crippen molar-refractivity contribution in [3.05, 3.63) is 46.1 Å². The van der Waals surface area contributed by atoms with Crippen molar-refractivity contribution in [1.29, 1.82) is 0 Å². The molecule has 10 heteroatoms. The molecular formula is C17H17BrF3N5O. The third kappa shape index (κ3) is 4.94. The van der Waals surface area contributed by atoms with Crippen LogP contribution in [0.1, 0.15) is 34.7 Å². The number of pyridine rings is 1. The third-order valence-corrected chi connectivity index (χ3v) is 4.67. The fourth-order valence-corrected chi connectivity index (χ4v) is 3.28. The highest BCUT2D eigenvalue weighted by molar-refractivity contribution is 9.10. The molecule has 1 fully saturated rings. The lowest BCUT2D eigenvalue weighted by Crippen LogP contribution is -2.45. The second-order valence-electron chi connectivity index (χ2n) is 6.28. The van der Waals surface area contributed by atoms with Crippen LogP contribution in [0.3, 0.4) is 0 Å². The van der Waals surface area contributed by atoms with Gasteiger partial charge in [-0.05, 0) is 41.8 Å². The highest BCUT2D eigenvalue weighted by atomic mass is 79.9. The van der Waals surface area contributed by atoms with Crippen LogP contribution in [0.2, 0.25) is 0 Å². The molecule has 1 N–H and O–H groups in total. The van der Waals surface area contributed by atoms with Gasteiger partial charge < -0.3 is 10.2 Å². The molecule has 1 aliphatic heterocycles. The lowest BCUT2D eigenvalue weighted by molar-refractivity contribution is -0.141. The molecule has 0 atom stereocenters. The Morgan fingerprint density at radius 3 is 2.56 bits per heavy atom. The van der Waals surface area contributed by atoms with Crippen molar-refractivity contribution < 1.29 is 18.0 Å². The number of aryl methyl sites for hydroxylation is 1. The summed E-state index contributed by atoms with van der Waals surface area (Å²) in [4.78, 5) is 25.6. The molecule has 2 aromatic rings. The van der Waals surface area contributed by atoms with Crippen molar-refractivity contribution in [2.24, 2.45) is 0 Å². The number of hydrogen-bond acceptors (Lipinski definition) is 5. The van der Waals surface area contributed by atoms with E-state index < -0.39 is 11.9 Å². The van der Waals surface area contributed by atoms with Gasteiger partial charge in [0.15, 0.2) is 0 Å². The summed E-state index contributed by atoms with van der Waals surface area (Å²) in [5.74, 6) is 0.118. The molecule has 3 rings (SSSR count). The van der Waals surface area contributed by atoms with Crippen LogP contribution in [0.15, 0.2) is 29.0 Å². The van der Waals surface area contributed by atoms with Crippen LogP contribution in [0.5, 0.6) is 0 Å². The number of alkyl halides is 3. The Morgan fingerprint density at radius 2 is 1.93 bits per heavy atom. The van der Waals surface area contributed by atoms with Gasteiger partial charge in [0, 0.05) is 42.1 Å². The van der Waals surface area contributed by atoms with E-state index in [9.17, 15) is 18.0 Å². The summed E-state index contributed by atoms with van der Waals surface area (Å²) in [7, 11) is 0. The molecule has 2 aromatic heterocycles. The number of halogens is 4. The molecule has 0 spiro atoms. The number of anilines is 1. The molecule has 3 heterocycles. The second kappa shape index (κ2) is 7.79. The number of nitrogens with one attached hydrogen (secondary N) is 1. The largest absolute Gasteiger partial charge is 0.433 e. The van der Waals surface area contributed by atoms with E-state index in [1.807, 2.05) is 0 Å². The number of amides is 1. The topological polar surface area (TPSA) is 71.0 Å². The van der Waals surface area contributed by atoms with Gasteiger partial charge in [0.05, 0.1) is 5.56 Å². The summed E-state index contributed by atoms with van der Waals surface area (Å²) >= 11 is 3.27. The molecule has 6 nitrogen and oxygen atoms in total. The van der Waals surface area contributed by atoms with E-state index in [2.05, 4.69) is 36.2 Å². The minimum absolute atomic E-state index is 0.0576. The average molecular weight is 444 g/mol. The van der Waals surface area contributed by atoms with Gasteiger partial charge in [-0.3, -0.25) is 9.78 Å². The summed E-state index contributed by atoms with van der Waals surface area (Å²) in [5.41, 5.74) is -0.490. The van der Waals surface area contributed by atoms with Gasteiger partial charge >= 0.3 is 6.18 Å². The number of carbonyl (C=O) groups is 1. The first-order chi connectivity index (χ1) is 12.7. The molecule has 0 aromatic carbocycles. The Morgan fingerprint density at radius 1 is 1.22 bits per heavy atom. The first-order valence-electron chi connectivity index (χ1n) is 8.31. The van der Waals surface area contributed by atoms with Crippen LogP contribution in [0.4, 0.5) is 19.0 Å². The summed E-state index contributed by atoms with van der Waals surface area (Å²) < 4.78 is 39.5. The maximum Gasteiger partial charge on any atom is 0.433 e. The SMILES string of the molecule is Cc1nc(N2CCC(NC(=O)c3cncc(Br)c3)CC2)cc(C(F)(F)F)n1. The van der Waals surface area contributed by atoms with Gasteiger partial charge in [0.2, 0.25) is 0 Å². The van der Waals surface area contributed by atoms with Crippen molar-refractivity contribution in [2.45, 2.75) is 32.0 Å². The van der Waals surface area contributed by atoms with E-state index in [0.29, 0.717) is 36.0 Å². The Hall–Kier alpha value is -2.23. The maximum atomic E-state index is 12.9. The number of aromatic nitrogens is 3. The zero-order valence-electron chi connectivity index (χ0n) is 14.4. The molecular weight excluding hydrogens is 427 g/mol. The van der Waals surface area contributed by atoms with Gasteiger partial charge in [-0.25, -0.2) is 9.97 Å². The van der Waals surface area contributed by atoms with E-state index in [0.717, 1.165) is 6.07 Å². The first kappa shape index (κ1) is 19.5. The van der Waals surface area contributed by atoms with Crippen molar-refractivity contribution in [3.8, 4) is 0 Å². The van der Waals surface area contributed by atoms with Gasteiger partial charge in [-0.1, -0.05) is 0 Å². The number of rotatable bonds is 3. The molecule has 0 bridgehead atoms. The highest BCUT2D eigenvalue weighted by Crippen LogP contribution is 2.30. The molecule has 0 saturated carbocycles. The summed E-state index contributed by atoms with van der Waals surface area (Å²) in [6.45, 7) is 2.43. The quantitative estimate of drug-likeness (QED) is 0.787. The summed E-state index contributed by atoms with van der Waals surface area (Å²) in [6, 6.07) is 2.59. The Kier molecular flexibility index (Phi) is 5.64. The van der Waals surface area contributed by atoms with Gasteiger partial charge in [-0.2, -0.15) is 13.2 Å². The third-order valence-electron chi connectivity index (χ3n) is 4.24. The fraction of sp³-hybridized carbons (Fsp3) is 0.412. The number of carbonyl (C=O) groups excluding carboxylic acids is 1. The molecule has 1 saturated heterocycles. The molecule has 1 aliphatic rings. The lowest BCUT2D eigenvalue weighted by atomic mass is 10.0. The lowest BCUT2D eigenvalue weighted by Gasteiger charge is -2.33. The van der Waals surface area contributed by atoms with E-state index in [1.165, 1.54) is 13.1 Å². The minimum Gasteiger partial charge on any atom is -0.356 e. The van der Waals surface area contributed by atoms with E-state index in [1.54, 1.807) is 17.2 Å². The van der Waals surface area contributed by atoms with Gasteiger partial charge in [-0.15, -0.1) is 0 Å². The first-order valence-corrected chi connectivity index (χ1v) is 9.11. The molecule has 0 unspecified atom stereocenters. The number of piperidine rings is 1. The van der Waals surface area contributed by atoms with Crippen molar-refractivity contribution in [3.63, 3.8) is 0 Å². The van der Waals surface area contributed by atoms with Crippen molar-refractivity contribution >= 4 is 27.7 Å². The molecule has 27 heavy (non-hydrogen) atoms. The Balaban J connectivity index is 1.62. The van der Waals surface area contributed by atoms with Crippen LogP contribution < -0.4 is 10.2 Å². The maximum absolute atomic E-state index is 12.9. The molecule has 0 radical (unpaired) electrons. The van der Waals surface area contributed by atoms with Crippen molar-refractivity contribution in [1.82, 2.24) is 20.3 Å². The Labute approximate surface area is 162 Å². The summed E-state index contributed by atoms with van der Waals surface area (Å²) in [5, 5.41) is 2.94. The normalized spacial score (nSPS) is 15.7. The van der Waals surface area contributed by atoms with Crippen LogP contribution in [-0.4, -0.2) is 40.0 Å². The van der Waals surface area contributed by atoms with Gasteiger partial charge in [0.1, 0.15) is 17.3 Å². The van der Waals surface area contributed by atoms with Crippen LogP contribution in [0, 0.1) is 6.92 Å². The number of nitrogens with zero attached hydrogens (tertiary/aromatic N) is 4.